The Morgan fingerprint density at radius 3 is 1.56 bits per heavy atom. The summed E-state index contributed by atoms with van der Waals surface area (Å²) in [5.74, 6) is 0. The molecule has 0 bridgehead atoms. The first kappa shape index (κ1) is 17.5. The highest BCUT2D eigenvalue weighted by atomic mass is 28.4. The predicted octanol–water partition coefficient (Wildman–Crippen LogP) is 2.90. The van der Waals surface area contributed by atoms with Crippen LogP contribution in [0.4, 0.5) is 0 Å². The van der Waals surface area contributed by atoms with Crippen molar-refractivity contribution >= 4 is 23.9 Å². The second-order valence-corrected chi connectivity index (χ2v) is 9.93. The van der Waals surface area contributed by atoms with E-state index in [0.29, 0.717) is 6.61 Å². The van der Waals surface area contributed by atoms with Gasteiger partial charge in [-0.2, -0.15) is 0 Å². The van der Waals surface area contributed by atoms with Gasteiger partial charge in [-0.15, -0.1) is 0 Å². The van der Waals surface area contributed by atoms with Crippen molar-refractivity contribution in [3.8, 4) is 0 Å². The molecule has 0 saturated heterocycles. The molecule has 1 N–H and O–H groups in total. The molecular weight excluding hydrogens is 348 g/mol. The molecule has 3 aromatic carbocycles. The second kappa shape index (κ2) is 7.74. The third-order valence-corrected chi connectivity index (χ3v) is 8.92. The van der Waals surface area contributed by atoms with Gasteiger partial charge in [0.15, 0.2) is 0 Å². The molecule has 0 atom stereocenters. The van der Waals surface area contributed by atoms with Crippen LogP contribution in [0.5, 0.6) is 0 Å². The number of aromatic amines is 1. The Balaban J connectivity index is 1.90. The molecule has 1 aromatic heterocycles. The zero-order valence-electron chi connectivity index (χ0n) is 15.3. The predicted molar refractivity (Wildman–Crippen MR) is 112 cm³/mol. The average molecular weight is 371 g/mol. The third kappa shape index (κ3) is 3.37. The molecule has 4 rings (SSSR count). The molecule has 0 aliphatic heterocycles. The number of benzene rings is 3. The van der Waals surface area contributed by atoms with Crippen LogP contribution in [0.15, 0.2) is 97.3 Å². The highest BCUT2D eigenvalue weighted by Crippen LogP contribution is 2.13. The van der Waals surface area contributed by atoms with Gasteiger partial charge in [0.25, 0.3) is 8.32 Å². The van der Waals surface area contributed by atoms with Crippen LogP contribution in [0.1, 0.15) is 11.4 Å². The van der Waals surface area contributed by atoms with Crippen LogP contribution in [-0.2, 0) is 11.0 Å². The van der Waals surface area contributed by atoms with Gasteiger partial charge in [0.05, 0.1) is 18.6 Å². The van der Waals surface area contributed by atoms with Crippen LogP contribution in [-0.4, -0.2) is 18.3 Å². The highest BCUT2D eigenvalue weighted by Gasteiger charge is 2.42. The van der Waals surface area contributed by atoms with Gasteiger partial charge in [-0.25, -0.2) is 4.98 Å². The van der Waals surface area contributed by atoms with Crippen molar-refractivity contribution in [2.24, 2.45) is 0 Å². The Hall–Kier alpha value is -2.95. The lowest BCUT2D eigenvalue weighted by Gasteiger charge is -2.33. The van der Waals surface area contributed by atoms with Gasteiger partial charge in [-0.3, -0.25) is 0 Å². The van der Waals surface area contributed by atoms with Gasteiger partial charge in [-0.1, -0.05) is 91.0 Å². The van der Waals surface area contributed by atoms with Crippen LogP contribution in [0.3, 0.4) is 0 Å². The van der Waals surface area contributed by atoms with Crippen molar-refractivity contribution in [2.75, 3.05) is 0 Å². The van der Waals surface area contributed by atoms with E-state index in [0.717, 1.165) is 11.4 Å². The fourth-order valence-corrected chi connectivity index (χ4v) is 7.32. The summed E-state index contributed by atoms with van der Waals surface area (Å²) in [5, 5.41) is 3.70. The zero-order valence-corrected chi connectivity index (χ0v) is 16.3. The van der Waals surface area contributed by atoms with Gasteiger partial charge >= 0.3 is 0 Å². The summed E-state index contributed by atoms with van der Waals surface area (Å²) in [4.78, 5) is 7.59. The number of aryl methyl sites for hydroxylation is 1. The van der Waals surface area contributed by atoms with Crippen molar-refractivity contribution < 1.29 is 4.43 Å². The van der Waals surface area contributed by atoms with E-state index in [2.05, 4.69) is 101 Å². The normalized spacial score (nSPS) is 11.4. The Kier molecular flexibility index (Phi) is 5.00. The van der Waals surface area contributed by atoms with E-state index in [4.69, 9.17) is 4.43 Å². The highest BCUT2D eigenvalue weighted by molar-refractivity contribution is 7.07. The number of nitrogens with one attached hydrogen (secondary N) is 1. The molecule has 4 heteroatoms. The molecule has 3 nitrogen and oxygen atoms in total. The number of aromatic nitrogens is 2. The lowest BCUT2D eigenvalue weighted by atomic mass is 10.3. The molecule has 1 heterocycles. The molecule has 0 spiro atoms. The number of H-pyrrole nitrogens is 1. The molecular formula is C23H22N2OSi. The summed E-state index contributed by atoms with van der Waals surface area (Å²) in [6.07, 6.45) is 1.73. The van der Waals surface area contributed by atoms with E-state index in [9.17, 15) is 0 Å². The smallest absolute Gasteiger partial charge is 0.288 e. The lowest BCUT2D eigenvalue weighted by molar-refractivity contribution is 0.306. The van der Waals surface area contributed by atoms with Crippen molar-refractivity contribution in [1.82, 2.24) is 9.97 Å². The fourth-order valence-electron chi connectivity index (χ4n) is 3.48. The number of rotatable bonds is 6. The molecule has 0 aliphatic carbocycles. The number of hydrogen-bond donors (Lipinski definition) is 1. The van der Waals surface area contributed by atoms with E-state index in [1.807, 2.05) is 6.92 Å². The molecule has 134 valence electrons. The second-order valence-electron chi connectivity index (χ2n) is 6.54. The largest absolute Gasteiger partial charge is 0.398 e. The van der Waals surface area contributed by atoms with Crippen LogP contribution in [0, 0.1) is 6.92 Å². The quantitative estimate of drug-likeness (QED) is 0.419. The van der Waals surface area contributed by atoms with Crippen LogP contribution >= 0.6 is 0 Å². The minimum Gasteiger partial charge on any atom is -0.398 e. The molecule has 0 fully saturated rings. The zero-order chi connectivity index (χ0) is 18.5. The lowest BCUT2D eigenvalue weighted by Crippen LogP contribution is -2.69. The maximum atomic E-state index is 6.87. The Bertz CT molecular complexity index is 888. The topological polar surface area (TPSA) is 37.9 Å². The molecule has 0 radical (unpaired) electrons. The SMILES string of the molecule is Cc1[nH]cnc1CO[Si](c1ccccc1)(c1ccccc1)c1ccccc1. The standard InChI is InChI=1S/C23H22N2OSi/c1-19-23(25-18-24-19)17-26-27(20-11-5-2-6-12-20,21-13-7-3-8-14-21)22-15-9-4-10-16-22/h2-16,18H,17H2,1H3,(H,24,25). The maximum absolute atomic E-state index is 6.87. The van der Waals surface area contributed by atoms with Crippen molar-refractivity contribution in [3.05, 3.63) is 109 Å². The first-order chi connectivity index (χ1) is 13.3. The molecule has 27 heavy (non-hydrogen) atoms. The minimum absolute atomic E-state index is 0.472. The first-order valence-corrected chi connectivity index (χ1v) is 11.0. The number of hydrogen-bond acceptors (Lipinski definition) is 2. The average Bonchev–Trinajstić information content (AvgIpc) is 3.16. The van der Waals surface area contributed by atoms with E-state index in [-0.39, 0.29) is 0 Å². The van der Waals surface area contributed by atoms with E-state index >= 15 is 0 Å². The van der Waals surface area contributed by atoms with Crippen molar-refractivity contribution in [2.45, 2.75) is 13.5 Å². The molecule has 0 unspecified atom stereocenters. The molecule has 0 saturated carbocycles. The summed E-state index contributed by atoms with van der Waals surface area (Å²) < 4.78 is 6.87. The minimum atomic E-state index is -2.66. The summed E-state index contributed by atoms with van der Waals surface area (Å²) in [6, 6.07) is 31.8. The van der Waals surface area contributed by atoms with Crippen LogP contribution in [0.2, 0.25) is 0 Å². The summed E-state index contributed by atoms with van der Waals surface area (Å²) >= 11 is 0. The van der Waals surface area contributed by atoms with Crippen molar-refractivity contribution in [1.29, 1.82) is 0 Å². The third-order valence-electron chi connectivity index (χ3n) is 4.90. The van der Waals surface area contributed by atoms with Gasteiger partial charge in [-0.05, 0) is 22.5 Å². The maximum Gasteiger partial charge on any atom is 0.288 e. The molecule has 0 amide bonds. The monoisotopic (exact) mass is 370 g/mol. The number of imidazole rings is 1. The molecule has 4 aromatic rings. The summed E-state index contributed by atoms with van der Waals surface area (Å²) in [7, 11) is -2.66. The van der Waals surface area contributed by atoms with Crippen LogP contribution in [0.25, 0.3) is 0 Å². The first-order valence-electron chi connectivity index (χ1n) is 9.10. The van der Waals surface area contributed by atoms with Crippen LogP contribution < -0.4 is 15.6 Å². The Morgan fingerprint density at radius 1 is 0.741 bits per heavy atom. The van der Waals surface area contributed by atoms with Gasteiger partial charge in [0.2, 0.25) is 0 Å². The van der Waals surface area contributed by atoms with Crippen molar-refractivity contribution in [3.63, 3.8) is 0 Å². The van der Waals surface area contributed by atoms with E-state index < -0.39 is 8.32 Å². The van der Waals surface area contributed by atoms with E-state index in [1.54, 1.807) is 6.33 Å². The van der Waals surface area contributed by atoms with Gasteiger partial charge in [0, 0.05) is 5.69 Å². The molecule has 0 aliphatic rings. The van der Waals surface area contributed by atoms with Gasteiger partial charge < -0.3 is 9.41 Å². The van der Waals surface area contributed by atoms with Gasteiger partial charge in [0.1, 0.15) is 0 Å². The Morgan fingerprint density at radius 2 is 1.19 bits per heavy atom. The fraction of sp³-hybridized carbons (Fsp3) is 0.0870. The van der Waals surface area contributed by atoms with E-state index in [1.165, 1.54) is 15.6 Å². The Labute approximate surface area is 160 Å². The number of nitrogens with zero attached hydrogens (tertiary/aromatic N) is 1. The summed E-state index contributed by atoms with van der Waals surface area (Å²) in [5.41, 5.74) is 2.00. The summed E-state index contributed by atoms with van der Waals surface area (Å²) in [6.45, 7) is 2.50.